The van der Waals surface area contributed by atoms with Gasteiger partial charge in [0, 0.05) is 13.1 Å². The third kappa shape index (κ3) is 2.17. The molecule has 2 rings (SSSR count). The summed E-state index contributed by atoms with van der Waals surface area (Å²) in [6.07, 6.45) is 4.09. The van der Waals surface area contributed by atoms with E-state index in [-0.39, 0.29) is 5.91 Å². The molecule has 2 aliphatic rings. The first-order valence-electron chi connectivity index (χ1n) is 6.01. The van der Waals surface area contributed by atoms with Crippen molar-refractivity contribution in [1.29, 1.82) is 0 Å². The molecule has 1 aliphatic heterocycles. The third-order valence-corrected chi connectivity index (χ3v) is 4.18. The molecule has 1 aliphatic carbocycles. The van der Waals surface area contributed by atoms with E-state index in [0.717, 1.165) is 24.9 Å². The smallest absolute Gasteiger partial charge is 0.231 e. The molecule has 1 atom stereocenters. The number of nitrogens with zero attached hydrogens (tertiary/aromatic N) is 1. The molecule has 1 heterocycles. The molecule has 0 radical (unpaired) electrons. The largest absolute Gasteiger partial charge is 0.369 e. The monoisotopic (exact) mass is 210 g/mol. The summed E-state index contributed by atoms with van der Waals surface area (Å²) in [5, 5.41) is 0. The molecule has 0 aromatic carbocycles. The average Bonchev–Trinajstić information content (AvgIpc) is 2.47. The fourth-order valence-electron chi connectivity index (χ4n) is 3.34. The SMILES string of the molecule is CC(C)C1CCC2(C1)CN(CC(N)=O)C2. The zero-order valence-corrected chi connectivity index (χ0v) is 9.83. The first-order chi connectivity index (χ1) is 7.01. The highest BCUT2D eigenvalue weighted by molar-refractivity contribution is 5.76. The Balaban J connectivity index is 1.81. The second-order valence-corrected chi connectivity index (χ2v) is 5.86. The van der Waals surface area contributed by atoms with Crippen LogP contribution in [0.3, 0.4) is 0 Å². The van der Waals surface area contributed by atoms with Gasteiger partial charge >= 0.3 is 0 Å². The van der Waals surface area contributed by atoms with Crippen LogP contribution >= 0.6 is 0 Å². The molecule has 3 nitrogen and oxygen atoms in total. The van der Waals surface area contributed by atoms with Crippen molar-refractivity contribution < 1.29 is 4.79 Å². The summed E-state index contributed by atoms with van der Waals surface area (Å²) < 4.78 is 0. The third-order valence-electron chi connectivity index (χ3n) is 4.18. The van der Waals surface area contributed by atoms with Gasteiger partial charge in [-0.15, -0.1) is 0 Å². The zero-order chi connectivity index (χ0) is 11.1. The maximum Gasteiger partial charge on any atom is 0.231 e. The Hall–Kier alpha value is -0.570. The van der Waals surface area contributed by atoms with E-state index in [4.69, 9.17) is 5.73 Å². The Morgan fingerprint density at radius 3 is 2.67 bits per heavy atom. The molecule has 1 saturated carbocycles. The van der Waals surface area contributed by atoms with Gasteiger partial charge in [-0.1, -0.05) is 13.8 Å². The van der Waals surface area contributed by atoms with Crippen LogP contribution in [0, 0.1) is 17.3 Å². The minimum atomic E-state index is -0.191. The Kier molecular flexibility index (Phi) is 2.75. The molecule has 0 bridgehead atoms. The molecule has 1 saturated heterocycles. The van der Waals surface area contributed by atoms with Crippen LogP contribution in [-0.2, 0) is 4.79 Å². The van der Waals surface area contributed by atoms with Gasteiger partial charge in [0.2, 0.25) is 5.91 Å². The van der Waals surface area contributed by atoms with Gasteiger partial charge in [-0.2, -0.15) is 0 Å². The van der Waals surface area contributed by atoms with Crippen molar-refractivity contribution >= 4 is 5.91 Å². The molecule has 86 valence electrons. The quantitative estimate of drug-likeness (QED) is 0.761. The van der Waals surface area contributed by atoms with E-state index in [1.54, 1.807) is 0 Å². The lowest BCUT2D eigenvalue weighted by Gasteiger charge is -2.48. The van der Waals surface area contributed by atoms with E-state index >= 15 is 0 Å². The van der Waals surface area contributed by atoms with Gasteiger partial charge < -0.3 is 5.73 Å². The first kappa shape index (κ1) is 10.9. The maximum absolute atomic E-state index is 10.8. The first-order valence-corrected chi connectivity index (χ1v) is 6.01. The fourth-order valence-corrected chi connectivity index (χ4v) is 3.34. The lowest BCUT2D eigenvalue weighted by Crippen LogP contribution is -2.57. The van der Waals surface area contributed by atoms with Crippen molar-refractivity contribution in [3.05, 3.63) is 0 Å². The van der Waals surface area contributed by atoms with Crippen LogP contribution in [0.5, 0.6) is 0 Å². The lowest BCUT2D eigenvalue weighted by atomic mass is 9.76. The number of hydrogen-bond donors (Lipinski definition) is 1. The molecule has 2 fully saturated rings. The van der Waals surface area contributed by atoms with Crippen molar-refractivity contribution in [2.75, 3.05) is 19.6 Å². The molecule has 0 aromatic heterocycles. The van der Waals surface area contributed by atoms with Crippen LogP contribution in [0.4, 0.5) is 0 Å². The fraction of sp³-hybridized carbons (Fsp3) is 0.917. The van der Waals surface area contributed by atoms with Gasteiger partial charge in [0.25, 0.3) is 0 Å². The maximum atomic E-state index is 10.8. The van der Waals surface area contributed by atoms with Gasteiger partial charge in [0.1, 0.15) is 0 Å². The molecular formula is C12H22N2O. The standard InChI is InChI=1S/C12H22N2O/c1-9(2)10-3-4-12(5-10)7-14(8-12)6-11(13)15/h9-10H,3-8H2,1-2H3,(H2,13,15). The van der Waals surface area contributed by atoms with Gasteiger partial charge in [-0.05, 0) is 36.5 Å². The van der Waals surface area contributed by atoms with E-state index in [2.05, 4.69) is 18.7 Å². The molecule has 2 N–H and O–H groups in total. The van der Waals surface area contributed by atoms with Crippen molar-refractivity contribution in [2.45, 2.75) is 33.1 Å². The molecule has 1 spiro atoms. The van der Waals surface area contributed by atoms with E-state index in [1.807, 2.05) is 0 Å². The molecule has 15 heavy (non-hydrogen) atoms. The van der Waals surface area contributed by atoms with Crippen LogP contribution in [0.25, 0.3) is 0 Å². The Labute approximate surface area is 92.0 Å². The molecule has 1 amide bonds. The number of carbonyl (C=O) groups excluding carboxylic acids is 1. The highest BCUT2D eigenvalue weighted by Crippen LogP contribution is 2.49. The van der Waals surface area contributed by atoms with Crippen molar-refractivity contribution in [2.24, 2.45) is 23.0 Å². The average molecular weight is 210 g/mol. The molecule has 0 aromatic rings. The molecular weight excluding hydrogens is 188 g/mol. The summed E-state index contributed by atoms with van der Waals surface area (Å²) in [7, 11) is 0. The Bertz CT molecular complexity index is 256. The number of nitrogens with two attached hydrogens (primary N) is 1. The minimum absolute atomic E-state index is 0.191. The zero-order valence-electron chi connectivity index (χ0n) is 9.83. The highest BCUT2D eigenvalue weighted by Gasteiger charge is 2.48. The number of hydrogen-bond acceptors (Lipinski definition) is 2. The van der Waals surface area contributed by atoms with Crippen LogP contribution in [0.15, 0.2) is 0 Å². The molecule has 1 unspecified atom stereocenters. The normalized spacial score (nSPS) is 29.7. The topological polar surface area (TPSA) is 46.3 Å². The Morgan fingerprint density at radius 1 is 1.53 bits per heavy atom. The summed E-state index contributed by atoms with van der Waals surface area (Å²) in [4.78, 5) is 12.9. The van der Waals surface area contributed by atoms with Crippen molar-refractivity contribution in [1.82, 2.24) is 4.90 Å². The van der Waals surface area contributed by atoms with E-state index in [1.165, 1.54) is 19.3 Å². The van der Waals surface area contributed by atoms with Crippen LogP contribution in [0.1, 0.15) is 33.1 Å². The number of likely N-dealkylation sites (tertiary alicyclic amines) is 1. The Morgan fingerprint density at radius 2 is 2.20 bits per heavy atom. The summed E-state index contributed by atoms with van der Waals surface area (Å²) in [5.74, 6) is 1.53. The summed E-state index contributed by atoms with van der Waals surface area (Å²) in [5.41, 5.74) is 5.73. The van der Waals surface area contributed by atoms with Crippen LogP contribution < -0.4 is 5.73 Å². The predicted molar refractivity (Wildman–Crippen MR) is 60.2 cm³/mol. The lowest BCUT2D eigenvalue weighted by molar-refractivity contribution is -0.122. The summed E-state index contributed by atoms with van der Waals surface area (Å²) in [6, 6.07) is 0. The number of primary amides is 1. The number of amides is 1. The second-order valence-electron chi connectivity index (χ2n) is 5.86. The predicted octanol–water partition coefficient (Wildman–Crippen LogP) is 1.23. The van der Waals surface area contributed by atoms with Crippen molar-refractivity contribution in [3.63, 3.8) is 0 Å². The molecule has 3 heteroatoms. The number of rotatable bonds is 3. The van der Waals surface area contributed by atoms with Gasteiger partial charge in [-0.25, -0.2) is 0 Å². The number of carbonyl (C=O) groups is 1. The van der Waals surface area contributed by atoms with Gasteiger partial charge in [0.15, 0.2) is 0 Å². The van der Waals surface area contributed by atoms with E-state index in [0.29, 0.717) is 12.0 Å². The second kappa shape index (κ2) is 3.78. The van der Waals surface area contributed by atoms with E-state index < -0.39 is 0 Å². The summed E-state index contributed by atoms with van der Waals surface area (Å²) >= 11 is 0. The van der Waals surface area contributed by atoms with Crippen molar-refractivity contribution in [3.8, 4) is 0 Å². The van der Waals surface area contributed by atoms with E-state index in [9.17, 15) is 4.79 Å². The highest BCUT2D eigenvalue weighted by atomic mass is 16.1. The minimum Gasteiger partial charge on any atom is -0.369 e. The van der Waals surface area contributed by atoms with Crippen LogP contribution in [-0.4, -0.2) is 30.4 Å². The van der Waals surface area contributed by atoms with Gasteiger partial charge in [0.05, 0.1) is 6.54 Å². The van der Waals surface area contributed by atoms with Gasteiger partial charge in [-0.3, -0.25) is 9.69 Å². The summed E-state index contributed by atoms with van der Waals surface area (Å²) in [6.45, 7) is 7.29. The van der Waals surface area contributed by atoms with Crippen LogP contribution in [0.2, 0.25) is 0 Å².